The van der Waals surface area contributed by atoms with Gasteiger partial charge in [0.05, 0.1) is 5.92 Å². The Bertz CT molecular complexity index is 553. The Morgan fingerprint density at radius 2 is 2.15 bits per heavy atom. The number of rotatable bonds is 3. The van der Waals surface area contributed by atoms with E-state index in [1.807, 2.05) is 6.92 Å². The molecule has 1 amide bonds. The average Bonchev–Trinajstić information content (AvgIpc) is 2.92. The molecule has 1 aromatic heterocycles. The van der Waals surface area contributed by atoms with E-state index < -0.39 is 11.9 Å². The second-order valence-corrected chi connectivity index (χ2v) is 6.87. The Balaban J connectivity index is 1.67. The Kier molecular flexibility index (Phi) is 3.32. The zero-order valence-corrected chi connectivity index (χ0v) is 12.5. The lowest BCUT2D eigenvalue weighted by atomic mass is 10.0. The van der Waals surface area contributed by atoms with Gasteiger partial charge in [-0.2, -0.15) is 0 Å². The molecule has 4 nitrogen and oxygen atoms in total. The Labute approximate surface area is 122 Å². The topological polar surface area (TPSA) is 57.6 Å². The summed E-state index contributed by atoms with van der Waals surface area (Å²) in [4.78, 5) is 26.8. The van der Waals surface area contributed by atoms with E-state index in [0.29, 0.717) is 18.9 Å². The number of amides is 1. The van der Waals surface area contributed by atoms with Gasteiger partial charge in [0.1, 0.15) is 0 Å². The molecule has 2 aliphatic rings. The monoisotopic (exact) mass is 293 g/mol. The fourth-order valence-electron chi connectivity index (χ4n) is 3.32. The van der Waals surface area contributed by atoms with Crippen molar-refractivity contribution in [3.8, 4) is 0 Å². The maximum absolute atomic E-state index is 12.5. The van der Waals surface area contributed by atoms with Crippen LogP contribution in [-0.2, 0) is 9.59 Å². The molecule has 3 rings (SSSR count). The number of carboxylic acid groups (broad SMARTS) is 1. The first kappa shape index (κ1) is 13.6. The number of aryl methyl sites for hydroxylation is 1. The molecule has 1 aromatic rings. The summed E-state index contributed by atoms with van der Waals surface area (Å²) in [5.41, 5.74) is 1.27. The lowest BCUT2D eigenvalue weighted by Crippen LogP contribution is -2.38. The molecule has 2 fully saturated rings. The van der Waals surface area contributed by atoms with E-state index in [1.54, 1.807) is 16.2 Å². The summed E-state index contributed by atoms with van der Waals surface area (Å²) in [6.45, 7) is 4.53. The molecule has 1 aliphatic heterocycles. The van der Waals surface area contributed by atoms with Crippen molar-refractivity contribution in [1.82, 2.24) is 4.90 Å². The van der Waals surface area contributed by atoms with Crippen LogP contribution in [0.2, 0.25) is 0 Å². The summed E-state index contributed by atoms with van der Waals surface area (Å²) < 4.78 is 0. The highest BCUT2D eigenvalue weighted by atomic mass is 32.1. The Hall–Kier alpha value is -1.36. The first-order valence-corrected chi connectivity index (χ1v) is 7.96. The summed E-state index contributed by atoms with van der Waals surface area (Å²) in [5, 5.41) is 11.2. The van der Waals surface area contributed by atoms with Crippen LogP contribution in [0, 0.1) is 18.8 Å². The van der Waals surface area contributed by atoms with E-state index in [0.717, 1.165) is 6.42 Å². The van der Waals surface area contributed by atoms with Gasteiger partial charge in [-0.1, -0.05) is 0 Å². The summed E-state index contributed by atoms with van der Waals surface area (Å²) in [6, 6.07) is 1.92. The van der Waals surface area contributed by atoms with Crippen molar-refractivity contribution < 1.29 is 14.7 Å². The van der Waals surface area contributed by atoms with E-state index >= 15 is 0 Å². The lowest BCUT2D eigenvalue weighted by molar-refractivity contribution is -0.143. The number of carboxylic acids is 1. The Morgan fingerprint density at radius 3 is 2.70 bits per heavy atom. The fraction of sp³-hybridized carbons (Fsp3) is 0.600. The van der Waals surface area contributed by atoms with Crippen LogP contribution in [0.3, 0.4) is 0 Å². The van der Waals surface area contributed by atoms with Crippen molar-refractivity contribution >= 4 is 23.2 Å². The van der Waals surface area contributed by atoms with Crippen molar-refractivity contribution in [3.63, 3.8) is 0 Å². The van der Waals surface area contributed by atoms with Crippen LogP contribution in [0.5, 0.6) is 0 Å². The van der Waals surface area contributed by atoms with Crippen molar-refractivity contribution in [2.45, 2.75) is 38.6 Å². The third-order valence-electron chi connectivity index (χ3n) is 4.70. The Morgan fingerprint density at radius 1 is 1.40 bits per heavy atom. The highest BCUT2D eigenvalue weighted by molar-refractivity contribution is 7.10. The minimum absolute atomic E-state index is 0.0716. The molecule has 0 bridgehead atoms. The molecule has 0 spiro atoms. The molecule has 1 saturated heterocycles. The van der Waals surface area contributed by atoms with Crippen LogP contribution in [-0.4, -0.2) is 34.5 Å². The fourth-order valence-corrected chi connectivity index (χ4v) is 4.42. The molecule has 20 heavy (non-hydrogen) atoms. The minimum Gasteiger partial charge on any atom is -0.481 e. The maximum Gasteiger partial charge on any atom is 0.308 e. The molecule has 4 unspecified atom stereocenters. The molecule has 0 radical (unpaired) electrons. The number of thiophene rings is 1. The largest absolute Gasteiger partial charge is 0.481 e. The van der Waals surface area contributed by atoms with E-state index in [4.69, 9.17) is 5.11 Å². The van der Waals surface area contributed by atoms with Gasteiger partial charge in [-0.05, 0) is 43.7 Å². The number of hydrogen-bond donors (Lipinski definition) is 1. The van der Waals surface area contributed by atoms with Gasteiger partial charge in [0.2, 0.25) is 5.91 Å². The summed E-state index contributed by atoms with van der Waals surface area (Å²) in [5.74, 6) is -0.603. The molecular weight excluding hydrogens is 274 g/mol. The predicted molar refractivity (Wildman–Crippen MR) is 76.8 cm³/mol. The lowest BCUT2D eigenvalue weighted by Gasteiger charge is -2.23. The van der Waals surface area contributed by atoms with Gasteiger partial charge >= 0.3 is 5.97 Å². The highest BCUT2D eigenvalue weighted by Gasteiger charge is 2.50. The van der Waals surface area contributed by atoms with E-state index in [1.165, 1.54) is 10.4 Å². The van der Waals surface area contributed by atoms with Gasteiger partial charge in [-0.25, -0.2) is 0 Å². The zero-order chi connectivity index (χ0) is 14.4. The number of carbonyl (C=O) groups excluding carboxylic acids is 1. The number of aliphatic carboxylic acids is 1. The van der Waals surface area contributed by atoms with Crippen molar-refractivity contribution in [1.29, 1.82) is 0 Å². The molecular formula is C15H19NO3S. The second kappa shape index (κ2) is 4.88. The molecule has 1 N–H and O–H groups in total. The van der Waals surface area contributed by atoms with Crippen LogP contribution in [0.4, 0.5) is 0 Å². The van der Waals surface area contributed by atoms with Crippen molar-refractivity contribution in [2.75, 3.05) is 6.54 Å². The molecule has 4 atom stereocenters. The van der Waals surface area contributed by atoms with Gasteiger partial charge < -0.3 is 10.0 Å². The van der Waals surface area contributed by atoms with Crippen LogP contribution < -0.4 is 0 Å². The van der Waals surface area contributed by atoms with E-state index in [2.05, 4.69) is 18.4 Å². The number of hydrogen-bond acceptors (Lipinski definition) is 3. The first-order valence-electron chi connectivity index (χ1n) is 7.08. The third kappa shape index (κ3) is 2.14. The maximum atomic E-state index is 12.5. The van der Waals surface area contributed by atoms with Gasteiger partial charge in [0.25, 0.3) is 0 Å². The molecule has 1 aliphatic carbocycles. The predicted octanol–water partition coefficient (Wildman–Crippen LogP) is 2.48. The van der Waals surface area contributed by atoms with Crippen LogP contribution in [0.15, 0.2) is 11.4 Å². The van der Waals surface area contributed by atoms with Crippen molar-refractivity contribution in [2.24, 2.45) is 11.8 Å². The quantitative estimate of drug-likeness (QED) is 0.931. The summed E-state index contributed by atoms with van der Waals surface area (Å²) >= 11 is 1.73. The third-order valence-corrected chi connectivity index (χ3v) is 5.85. The van der Waals surface area contributed by atoms with E-state index in [9.17, 15) is 9.59 Å². The smallest absolute Gasteiger partial charge is 0.308 e. The van der Waals surface area contributed by atoms with Gasteiger partial charge in [-0.15, -0.1) is 11.3 Å². The molecule has 0 aromatic carbocycles. The molecule has 5 heteroatoms. The molecule has 108 valence electrons. The number of nitrogens with zero attached hydrogens (tertiary/aromatic N) is 1. The van der Waals surface area contributed by atoms with Crippen molar-refractivity contribution in [3.05, 3.63) is 21.9 Å². The summed E-state index contributed by atoms with van der Waals surface area (Å²) in [7, 11) is 0. The first-order chi connectivity index (χ1) is 9.50. The van der Waals surface area contributed by atoms with Gasteiger partial charge in [0.15, 0.2) is 0 Å². The second-order valence-electron chi connectivity index (χ2n) is 5.92. The average molecular weight is 293 g/mol. The van der Waals surface area contributed by atoms with Gasteiger partial charge in [0, 0.05) is 29.3 Å². The van der Waals surface area contributed by atoms with Crippen LogP contribution >= 0.6 is 11.3 Å². The van der Waals surface area contributed by atoms with Crippen LogP contribution in [0.25, 0.3) is 0 Å². The molecule has 1 saturated carbocycles. The van der Waals surface area contributed by atoms with Crippen LogP contribution in [0.1, 0.15) is 36.1 Å². The molecule has 2 heterocycles. The number of carbonyl (C=O) groups is 2. The highest BCUT2D eigenvalue weighted by Crippen LogP contribution is 2.51. The minimum atomic E-state index is -0.783. The normalized spacial score (nSPS) is 32.4. The van der Waals surface area contributed by atoms with Gasteiger partial charge in [-0.3, -0.25) is 9.59 Å². The zero-order valence-electron chi connectivity index (χ0n) is 11.7. The van der Waals surface area contributed by atoms with E-state index in [-0.39, 0.29) is 17.9 Å². The standard InChI is InChI=1S/C15H19NO3S/c1-8-4-6-20-13(8)11-7-12(11)14(17)16-5-3-10(9(16)2)15(18)19/h4,6,9-12H,3,5,7H2,1-2H3,(H,18,19). The number of likely N-dealkylation sites (tertiary alicyclic amines) is 1. The summed E-state index contributed by atoms with van der Waals surface area (Å²) in [6.07, 6.45) is 1.50. The SMILES string of the molecule is Cc1ccsc1C1CC1C(=O)N1CCC(C(=O)O)C1C.